The van der Waals surface area contributed by atoms with Crippen molar-refractivity contribution in [1.82, 2.24) is 14.5 Å². The van der Waals surface area contributed by atoms with Crippen molar-refractivity contribution in [2.24, 2.45) is 0 Å². The van der Waals surface area contributed by atoms with Crippen molar-refractivity contribution in [3.8, 4) is 0 Å². The van der Waals surface area contributed by atoms with E-state index in [1.54, 1.807) is 10.6 Å². The summed E-state index contributed by atoms with van der Waals surface area (Å²) in [6.45, 7) is 1.44. The maximum Gasteiger partial charge on any atom is 0.316 e. The Kier molecular flexibility index (Phi) is 3.62. The van der Waals surface area contributed by atoms with Crippen LogP contribution in [0.2, 0.25) is 0 Å². The summed E-state index contributed by atoms with van der Waals surface area (Å²) in [4.78, 5) is 28.1. The number of benzene rings is 1. The molecule has 96 valence electrons. The maximum atomic E-state index is 11.9. The zero-order valence-electron chi connectivity index (χ0n) is 10.6. The van der Waals surface area contributed by atoms with E-state index >= 15 is 0 Å². The molecule has 0 aliphatic carbocycles. The summed E-state index contributed by atoms with van der Waals surface area (Å²) in [6, 6.07) is 7.36. The van der Waals surface area contributed by atoms with Gasteiger partial charge >= 0.3 is 11.1 Å². The standard InChI is InChI=1S/C13H17N3O2/c1-15(2)8-5-9-16-11-7-4-3-6-10(11)14-12(17)13(16)18/h3-4,6-7H,5,8-9H2,1-2H3,(H,14,17). The SMILES string of the molecule is CN(C)CCCn1c(=O)c(=O)[nH]c2ccccc21. The summed E-state index contributed by atoms with van der Waals surface area (Å²) in [6.07, 6.45) is 0.834. The third-order valence-electron chi connectivity index (χ3n) is 2.87. The van der Waals surface area contributed by atoms with Crippen LogP contribution in [-0.4, -0.2) is 35.1 Å². The quantitative estimate of drug-likeness (QED) is 0.807. The second-order valence-electron chi connectivity index (χ2n) is 4.58. The van der Waals surface area contributed by atoms with Crippen LogP contribution in [0, 0.1) is 0 Å². The summed E-state index contributed by atoms with van der Waals surface area (Å²) in [7, 11) is 3.97. The van der Waals surface area contributed by atoms with Gasteiger partial charge in [-0.1, -0.05) is 12.1 Å². The van der Waals surface area contributed by atoms with Gasteiger partial charge in [0.15, 0.2) is 0 Å². The van der Waals surface area contributed by atoms with Crippen LogP contribution in [0.4, 0.5) is 0 Å². The van der Waals surface area contributed by atoms with E-state index < -0.39 is 11.1 Å². The predicted octanol–water partition coefficient (Wildman–Crippen LogP) is 0.642. The molecule has 18 heavy (non-hydrogen) atoms. The molecule has 1 aromatic carbocycles. The summed E-state index contributed by atoms with van der Waals surface area (Å²) in [5, 5.41) is 0. The summed E-state index contributed by atoms with van der Waals surface area (Å²) < 4.78 is 1.55. The number of H-pyrrole nitrogens is 1. The summed E-state index contributed by atoms with van der Waals surface area (Å²) in [5.74, 6) is 0. The number of aromatic nitrogens is 2. The van der Waals surface area contributed by atoms with Crippen LogP contribution in [0.1, 0.15) is 6.42 Å². The fourth-order valence-electron chi connectivity index (χ4n) is 1.99. The second kappa shape index (κ2) is 5.18. The third kappa shape index (κ3) is 2.51. The molecule has 0 aliphatic rings. The highest BCUT2D eigenvalue weighted by Crippen LogP contribution is 2.07. The lowest BCUT2D eigenvalue weighted by molar-refractivity contribution is 0.386. The molecule has 0 atom stereocenters. The van der Waals surface area contributed by atoms with E-state index in [0.717, 1.165) is 18.5 Å². The summed E-state index contributed by atoms with van der Waals surface area (Å²) in [5.41, 5.74) is 0.443. The number of fused-ring (bicyclic) bond motifs is 1. The van der Waals surface area contributed by atoms with E-state index in [4.69, 9.17) is 0 Å². The van der Waals surface area contributed by atoms with Crippen molar-refractivity contribution in [2.75, 3.05) is 20.6 Å². The molecule has 0 saturated carbocycles. The average Bonchev–Trinajstić information content (AvgIpc) is 2.33. The van der Waals surface area contributed by atoms with Crippen LogP contribution in [0.5, 0.6) is 0 Å². The highest BCUT2D eigenvalue weighted by Gasteiger charge is 2.06. The van der Waals surface area contributed by atoms with E-state index in [0.29, 0.717) is 12.1 Å². The third-order valence-corrected chi connectivity index (χ3v) is 2.87. The van der Waals surface area contributed by atoms with Crippen molar-refractivity contribution >= 4 is 11.0 Å². The lowest BCUT2D eigenvalue weighted by Crippen LogP contribution is -2.36. The molecule has 0 aliphatic heterocycles. The second-order valence-corrected chi connectivity index (χ2v) is 4.58. The van der Waals surface area contributed by atoms with Crippen molar-refractivity contribution in [3.63, 3.8) is 0 Å². The minimum absolute atomic E-state index is 0.479. The molecule has 5 heteroatoms. The van der Waals surface area contributed by atoms with Crippen LogP contribution in [0.15, 0.2) is 33.9 Å². The van der Waals surface area contributed by atoms with Gasteiger partial charge < -0.3 is 14.5 Å². The van der Waals surface area contributed by atoms with Gasteiger partial charge in [0.25, 0.3) is 0 Å². The number of aryl methyl sites for hydroxylation is 1. The molecule has 5 nitrogen and oxygen atoms in total. The number of rotatable bonds is 4. The number of aromatic amines is 1. The van der Waals surface area contributed by atoms with Crippen molar-refractivity contribution < 1.29 is 0 Å². The van der Waals surface area contributed by atoms with Crippen molar-refractivity contribution in [2.45, 2.75) is 13.0 Å². The number of hydrogen-bond acceptors (Lipinski definition) is 3. The Bertz CT molecular complexity index is 655. The van der Waals surface area contributed by atoms with Crippen molar-refractivity contribution in [3.05, 3.63) is 45.0 Å². The number of nitrogens with zero attached hydrogens (tertiary/aromatic N) is 2. The van der Waals surface area contributed by atoms with Gasteiger partial charge in [-0.15, -0.1) is 0 Å². The lowest BCUT2D eigenvalue weighted by Gasteiger charge is -2.12. The minimum atomic E-state index is -0.557. The maximum absolute atomic E-state index is 11.9. The van der Waals surface area contributed by atoms with Gasteiger partial charge in [0, 0.05) is 6.54 Å². The Hall–Kier alpha value is -1.88. The molecule has 1 aromatic heterocycles. The molecule has 2 rings (SSSR count). The Morgan fingerprint density at radius 2 is 1.94 bits per heavy atom. The van der Waals surface area contributed by atoms with E-state index in [2.05, 4.69) is 9.88 Å². The highest BCUT2D eigenvalue weighted by atomic mass is 16.2. The normalized spacial score (nSPS) is 11.3. The fraction of sp³-hybridized carbons (Fsp3) is 0.385. The number of nitrogens with one attached hydrogen (secondary N) is 1. The molecule has 0 spiro atoms. The molecule has 1 N–H and O–H groups in total. The van der Waals surface area contributed by atoms with Gasteiger partial charge in [0.1, 0.15) is 0 Å². The average molecular weight is 247 g/mol. The van der Waals surface area contributed by atoms with Gasteiger partial charge in [-0.3, -0.25) is 9.59 Å². The first-order chi connectivity index (χ1) is 8.59. The molecule has 0 saturated heterocycles. The highest BCUT2D eigenvalue weighted by molar-refractivity contribution is 5.74. The van der Waals surface area contributed by atoms with Gasteiger partial charge in [-0.2, -0.15) is 0 Å². The van der Waals surface area contributed by atoms with E-state index in [-0.39, 0.29) is 0 Å². The van der Waals surface area contributed by atoms with Crippen LogP contribution < -0.4 is 11.1 Å². The first-order valence-corrected chi connectivity index (χ1v) is 5.96. The van der Waals surface area contributed by atoms with Gasteiger partial charge in [0.2, 0.25) is 0 Å². The zero-order valence-corrected chi connectivity index (χ0v) is 10.6. The first-order valence-electron chi connectivity index (χ1n) is 5.96. The topological polar surface area (TPSA) is 58.1 Å². The van der Waals surface area contributed by atoms with Crippen LogP contribution >= 0.6 is 0 Å². The predicted molar refractivity (Wildman–Crippen MR) is 72.0 cm³/mol. The Morgan fingerprint density at radius 3 is 2.67 bits per heavy atom. The Labute approximate surface area is 105 Å². The zero-order chi connectivity index (χ0) is 13.1. The molecule has 0 unspecified atom stereocenters. The van der Waals surface area contributed by atoms with Gasteiger partial charge in [-0.25, -0.2) is 0 Å². The number of para-hydroxylation sites is 2. The van der Waals surface area contributed by atoms with Crippen LogP contribution in [-0.2, 0) is 6.54 Å². The summed E-state index contributed by atoms with van der Waals surface area (Å²) >= 11 is 0. The molecule has 0 bridgehead atoms. The smallest absolute Gasteiger partial charge is 0.316 e. The largest absolute Gasteiger partial charge is 0.316 e. The van der Waals surface area contributed by atoms with Gasteiger partial charge in [-0.05, 0) is 39.2 Å². The van der Waals surface area contributed by atoms with Crippen LogP contribution in [0.25, 0.3) is 11.0 Å². The molecule has 0 radical (unpaired) electrons. The number of hydrogen-bond donors (Lipinski definition) is 1. The van der Waals surface area contributed by atoms with E-state index in [9.17, 15) is 9.59 Å². The molecular weight excluding hydrogens is 230 g/mol. The molecular formula is C13H17N3O2. The minimum Gasteiger partial charge on any atom is -0.316 e. The fourth-order valence-corrected chi connectivity index (χ4v) is 1.99. The monoisotopic (exact) mass is 247 g/mol. The van der Waals surface area contributed by atoms with Gasteiger partial charge in [0.05, 0.1) is 11.0 Å². The van der Waals surface area contributed by atoms with Crippen LogP contribution in [0.3, 0.4) is 0 Å². The molecule has 0 amide bonds. The lowest BCUT2D eigenvalue weighted by atomic mass is 10.3. The molecule has 0 fully saturated rings. The molecule has 1 heterocycles. The van der Waals surface area contributed by atoms with E-state index in [1.807, 2.05) is 32.3 Å². The van der Waals surface area contributed by atoms with E-state index in [1.165, 1.54) is 0 Å². The Balaban J connectivity index is 2.44. The first kappa shape index (κ1) is 12.6. The van der Waals surface area contributed by atoms with Crippen molar-refractivity contribution in [1.29, 1.82) is 0 Å². The molecule has 2 aromatic rings. The Morgan fingerprint density at radius 1 is 1.22 bits per heavy atom.